The number of fused-ring (bicyclic) bond motifs is 1. The van der Waals surface area contributed by atoms with Gasteiger partial charge in [0.2, 0.25) is 5.89 Å². The van der Waals surface area contributed by atoms with Crippen molar-refractivity contribution in [3.63, 3.8) is 0 Å². The van der Waals surface area contributed by atoms with E-state index in [1.54, 1.807) is 5.32 Å². The number of oxazole rings is 1. The number of aromatic nitrogens is 1. The number of hydrogen-bond acceptors (Lipinski definition) is 3. The molecule has 0 saturated carbocycles. The summed E-state index contributed by atoms with van der Waals surface area (Å²) in [6.07, 6.45) is -4.97. The minimum atomic E-state index is -4.97. The summed E-state index contributed by atoms with van der Waals surface area (Å²) in [5, 5.41) is 1.74. The van der Waals surface area contributed by atoms with E-state index in [0.29, 0.717) is 11.1 Å². The Morgan fingerprint density at radius 1 is 1.09 bits per heavy atom. The van der Waals surface area contributed by atoms with Crippen molar-refractivity contribution in [3.05, 3.63) is 48.3 Å². The number of anilines is 1. The summed E-state index contributed by atoms with van der Waals surface area (Å²) in [5.41, 5.74) is 1.06. The molecule has 1 N–H and O–H groups in total. The number of nitrogens with zero attached hydrogens (tertiary/aromatic N) is 1. The summed E-state index contributed by atoms with van der Waals surface area (Å²) in [7, 11) is 0. The fraction of sp³-hybridized carbons (Fsp3) is 0.0667. The van der Waals surface area contributed by atoms with Gasteiger partial charge in [0, 0.05) is 11.3 Å². The summed E-state index contributed by atoms with van der Waals surface area (Å²) < 4.78 is 55.0. The molecule has 4 nitrogen and oxygen atoms in total. The molecule has 23 heavy (non-hydrogen) atoms. The Hall–Kier alpha value is -2.90. The van der Waals surface area contributed by atoms with Crippen LogP contribution in [-0.2, 0) is 4.79 Å². The molecule has 0 unspecified atom stereocenters. The second-order valence-corrected chi connectivity index (χ2v) is 4.66. The third-order valence-corrected chi connectivity index (χ3v) is 2.99. The Kier molecular flexibility index (Phi) is 3.51. The van der Waals surface area contributed by atoms with Gasteiger partial charge in [-0.05, 0) is 42.5 Å². The van der Waals surface area contributed by atoms with Crippen molar-refractivity contribution in [1.29, 1.82) is 0 Å². The molecule has 0 saturated heterocycles. The molecule has 0 radical (unpaired) electrons. The van der Waals surface area contributed by atoms with E-state index in [0.717, 1.165) is 0 Å². The highest BCUT2D eigenvalue weighted by molar-refractivity contribution is 5.96. The average Bonchev–Trinajstić information content (AvgIpc) is 2.90. The molecule has 0 spiro atoms. The van der Waals surface area contributed by atoms with Crippen LogP contribution in [0.3, 0.4) is 0 Å². The molecule has 0 aliphatic heterocycles. The highest BCUT2D eigenvalue weighted by Gasteiger charge is 2.38. The van der Waals surface area contributed by atoms with Gasteiger partial charge in [-0.25, -0.2) is 9.37 Å². The molecule has 3 rings (SSSR count). The zero-order valence-corrected chi connectivity index (χ0v) is 11.3. The van der Waals surface area contributed by atoms with Gasteiger partial charge in [-0.1, -0.05) is 0 Å². The van der Waals surface area contributed by atoms with Crippen LogP contribution in [0.5, 0.6) is 0 Å². The molecule has 2 aromatic carbocycles. The average molecular weight is 324 g/mol. The zero-order valence-electron chi connectivity index (χ0n) is 11.3. The van der Waals surface area contributed by atoms with Crippen LogP contribution in [0.2, 0.25) is 0 Å². The molecule has 0 aliphatic rings. The molecule has 8 heteroatoms. The van der Waals surface area contributed by atoms with Crippen molar-refractivity contribution >= 4 is 22.7 Å². The van der Waals surface area contributed by atoms with Crippen LogP contribution in [-0.4, -0.2) is 17.1 Å². The number of carbonyl (C=O) groups is 1. The van der Waals surface area contributed by atoms with Crippen LogP contribution in [0.4, 0.5) is 23.2 Å². The summed E-state index contributed by atoms with van der Waals surface area (Å²) >= 11 is 0. The van der Waals surface area contributed by atoms with Gasteiger partial charge in [0.25, 0.3) is 0 Å². The third kappa shape index (κ3) is 3.15. The zero-order chi connectivity index (χ0) is 16.6. The maximum absolute atomic E-state index is 12.9. The maximum Gasteiger partial charge on any atom is 0.471 e. The van der Waals surface area contributed by atoms with Gasteiger partial charge in [0.05, 0.1) is 0 Å². The fourth-order valence-corrected chi connectivity index (χ4v) is 1.92. The van der Waals surface area contributed by atoms with Crippen LogP contribution in [0.25, 0.3) is 22.6 Å². The predicted octanol–water partition coefficient (Wildman–Crippen LogP) is 4.13. The van der Waals surface area contributed by atoms with Crippen molar-refractivity contribution in [3.8, 4) is 11.5 Å². The molecule has 1 heterocycles. The number of benzene rings is 2. The van der Waals surface area contributed by atoms with Gasteiger partial charge in [0.15, 0.2) is 5.58 Å². The smallest absolute Gasteiger partial charge is 0.436 e. The first-order chi connectivity index (χ1) is 10.8. The Balaban J connectivity index is 1.92. The van der Waals surface area contributed by atoms with E-state index in [4.69, 9.17) is 4.42 Å². The minimum absolute atomic E-state index is 0.0567. The first kappa shape index (κ1) is 15.0. The minimum Gasteiger partial charge on any atom is -0.436 e. The first-order valence-corrected chi connectivity index (χ1v) is 6.37. The number of hydrogen-bond donors (Lipinski definition) is 1. The van der Waals surface area contributed by atoms with E-state index in [1.807, 2.05) is 0 Å². The van der Waals surface area contributed by atoms with E-state index in [2.05, 4.69) is 4.98 Å². The standard InChI is InChI=1S/C15H8F4N2O2/c16-9-3-1-8(2-4-9)13-21-11-7-10(5-6-12(11)23-13)20-14(22)15(17,18)19/h1-7H,(H,20,22). The van der Waals surface area contributed by atoms with E-state index in [-0.39, 0.29) is 17.1 Å². The lowest BCUT2D eigenvalue weighted by Gasteiger charge is -2.07. The molecule has 1 aromatic heterocycles. The molecular formula is C15H8F4N2O2. The predicted molar refractivity (Wildman–Crippen MR) is 74.1 cm³/mol. The van der Waals surface area contributed by atoms with Gasteiger partial charge >= 0.3 is 12.1 Å². The second-order valence-electron chi connectivity index (χ2n) is 4.66. The maximum atomic E-state index is 12.9. The summed E-state index contributed by atoms with van der Waals surface area (Å²) in [5.74, 6) is -2.29. The lowest BCUT2D eigenvalue weighted by molar-refractivity contribution is -0.167. The summed E-state index contributed by atoms with van der Waals surface area (Å²) in [6, 6.07) is 9.32. The van der Waals surface area contributed by atoms with E-state index in [1.165, 1.54) is 42.5 Å². The normalized spacial score (nSPS) is 11.7. The van der Waals surface area contributed by atoms with Crippen molar-refractivity contribution in [2.24, 2.45) is 0 Å². The van der Waals surface area contributed by atoms with Gasteiger partial charge in [-0.2, -0.15) is 13.2 Å². The SMILES string of the molecule is O=C(Nc1ccc2oc(-c3ccc(F)cc3)nc2c1)C(F)(F)F. The van der Waals surface area contributed by atoms with Crippen molar-refractivity contribution in [2.45, 2.75) is 6.18 Å². The Bertz CT molecular complexity index is 869. The number of nitrogens with one attached hydrogen (secondary N) is 1. The van der Waals surface area contributed by atoms with Gasteiger partial charge in [0.1, 0.15) is 11.3 Å². The van der Waals surface area contributed by atoms with Gasteiger partial charge in [-0.15, -0.1) is 0 Å². The summed E-state index contributed by atoms with van der Waals surface area (Å²) in [4.78, 5) is 15.0. The van der Waals surface area contributed by atoms with E-state index in [9.17, 15) is 22.4 Å². The topological polar surface area (TPSA) is 55.1 Å². The number of alkyl halides is 3. The largest absolute Gasteiger partial charge is 0.471 e. The van der Waals surface area contributed by atoms with Crippen LogP contribution < -0.4 is 5.32 Å². The van der Waals surface area contributed by atoms with Crippen molar-refractivity contribution in [1.82, 2.24) is 4.98 Å². The Morgan fingerprint density at radius 3 is 2.43 bits per heavy atom. The molecule has 0 fully saturated rings. The highest BCUT2D eigenvalue weighted by Crippen LogP contribution is 2.27. The van der Waals surface area contributed by atoms with Gasteiger partial charge in [-0.3, -0.25) is 4.79 Å². The number of rotatable bonds is 2. The van der Waals surface area contributed by atoms with Crippen LogP contribution >= 0.6 is 0 Å². The van der Waals surface area contributed by atoms with Gasteiger partial charge < -0.3 is 9.73 Å². The number of carbonyl (C=O) groups excluding carboxylic acids is 1. The fourth-order valence-electron chi connectivity index (χ4n) is 1.92. The molecule has 0 atom stereocenters. The number of amides is 1. The Morgan fingerprint density at radius 2 is 1.78 bits per heavy atom. The lowest BCUT2D eigenvalue weighted by Crippen LogP contribution is -2.29. The van der Waals surface area contributed by atoms with Crippen LogP contribution in [0.15, 0.2) is 46.9 Å². The first-order valence-electron chi connectivity index (χ1n) is 6.37. The molecule has 1 amide bonds. The van der Waals surface area contributed by atoms with Crippen molar-refractivity contribution < 1.29 is 26.8 Å². The monoisotopic (exact) mass is 324 g/mol. The third-order valence-electron chi connectivity index (χ3n) is 2.99. The highest BCUT2D eigenvalue weighted by atomic mass is 19.4. The van der Waals surface area contributed by atoms with E-state index < -0.39 is 17.9 Å². The van der Waals surface area contributed by atoms with Crippen molar-refractivity contribution in [2.75, 3.05) is 5.32 Å². The van der Waals surface area contributed by atoms with Crippen LogP contribution in [0.1, 0.15) is 0 Å². The molecule has 0 bridgehead atoms. The second kappa shape index (κ2) is 5.38. The lowest BCUT2D eigenvalue weighted by atomic mass is 10.2. The molecule has 0 aliphatic carbocycles. The van der Waals surface area contributed by atoms with E-state index >= 15 is 0 Å². The Labute approximate surface area is 126 Å². The summed E-state index contributed by atoms with van der Waals surface area (Å²) in [6.45, 7) is 0. The molecule has 3 aromatic rings. The molecular weight excluding hydrogens is 316 g/mol. The molecule has 118 valence electrons. The quantitative estimate of drug-likeness (QED) is 0.721. The number of halogens is 4. The van der Waals surface area contributed by atoms with Crippen LogP contribution in [0, 0.1) is 5.82 Å².